The Morgan fingerprint density at radius 2 is 1.44 bits per heavy atom. The standard InChI is InChI=1S/C14H26O2/c1-11-9-14(15,10-12(2)16-11)13-7-5-3-4-6-8-13/h11-13,15H,3-10H2,1-2H3. The second-order valence-electron chi connectivity index (χ2n) is 5.96. The molecule has 16 heavy (non-hydrogen) atoms. The number of ether oxygens (including phenoxy) is 1. The first-order valence-electron chi connectivity index (χ1n) is 6.98. The predicted octanol–water partition coefficient (Wildman–Crippen LogP) is 3.28. The first-order valence-corrected chi connectivity index (χ1v) is 6.98. The van der Waals surface area contributed by atoms with Gasteiger partial charge in [0.2, 0.25) is 0 Å². The zero-order chi connectivity index (χ0) is 11.6. The van der Waals surface area contributed by atoms with Gasteiger partial charge in [-0.15, -0.1) is 0 Å². The third kappa shape index (κ3) is 2.78. The maximum atomic E-state index is 10.9. The third-order valence-corrected chi connectivity index (χ3v) is 4.36. The molecule has 2 heteroatoms. The second-order valence-corrected chi connectivity index (χ2v) is 5.96. The van der Waals surface area contributed by atoms with Gasteiger partial charge < -0.3 is 9.84 Å². The first-order chi connectivity index (χ1) is 7.60. The van der Waals surface area contributed by atoms with Gasteiger partial charge in [-0.2, -0.15) is 0 Å². The van der Waals surface area contributed by atoms with Crippen molar-refractivity contribution in [2.45, 2.75) is 83.0 Å². The quantitative estimate of drug-likeness (QED) is 0.695. The van der Waals surface area contributed by atoms with Crippen molar-refractivity contribution in [3.05, 3.63) is 0 Å². The van der Waals surface area contributed by atoms with E-state index >= 15 is 0 Å². The van der Waals surface area contributed by atoms with Crippen LogP contribution in [0.15, 0.2) is 0 Å². The van der Waals surface area contributed by atoms with Crippen LogP contribution in [0.1, 0.15) is 65.2 Å². The molecular weight excluding hydrogens is 200 g/mol. The van der Waals surface area contributed by atoms with Crippen LogP contribution in [-0.4, -0.2) is 22.9 Å². The average Bonchev–Trinajstić information content (AvgIpc) is 2.43. The van der Waals surface area contributed by atoms with E-state index in [0.29, 0.717) is 5.92 Å². The molecule has 1 aliphatic carbocycles. The summed E-state index contributed by atoms with van der Waals surface area (Å²) in [5.74, 6) is 0.517. The zero-order valence-corrected chi connectivity index (χ0v) is 10.7. The van der Waals surface area contributed by atoms with Crippen molar-refractivity contribution < 1.29 is 9.84 Å². The fourth-order valence-electron chi connectivity index (χ4n) is 3.72. The molecule has 0 bridgehead atoms. The van der Waals surface area contributed by atoms with Crippen LogP contribution < -0.4 is 0 Å². The maximum absolute atomic E-state index is 10.9. The molecule has 1 saturated carbocycles. The van der Waals surface area contributed by atoms with Crippen molar-refractivity contribution in [3.63, 3.8) is 0 Å². The molecular formula is C14H26O2. The van der Waals surface area contributed by atoms with E-state index in [1.165, 1.54) is 38.5 Å². The topological polar surface area (TPSA) is 29.5 Å². The molecule has 1 N–H and O–H groups in total. The van der Waals surface area contributed by atoms with Crippen LogP contribution >= 0.6 is 0 Å². The molecule has 2 unspecified atom stereocenters. The van der Waals surface area contributed by atoms with Crippen molar-refractivity contribution in [1.82, 2.24) is 0 Å². The molecule has 0 radical (unpaired) electrons. The van der Waals surface area contributed by atoms with Gasteiger partial charge >= 0.3 is 0 Å². The Morgan fingerprint density at radius 3 is 1.94 bits per heavy atom. The molecule has 94 valence electrons. The largest absolute Gasteiger partial charge is 0.389 e. The van der Waals surface area contributed by atoms with E-state index in [1.54, 1.807) is 0 Å². The lowest BCUT2D eigenvalue weighted by atomic mass is 9.74. The van der Waals surface area contributed by atoms with Crippen molar-refractivity contribution in [1.29, 1.82) is 0 Å². The smallest absolute Gasteiger partial charge is 0.0724 e. The number of hydrogen-bond acceptors (Lipinski definition) is 2. The van der Waals surface area contributed by atoms with Gasteiger partial charge in [0.05, 0.1) is 17.8 Å². The summed E-state index contributed by atoms with van der Waals surface area (Å²) < 4.78 is 5.74. The summed E-state index contributed by atoms with van der Waals surface area (Å²) >= 11 is 0. The minimum Gasteiger partial charge on any atom is -0.389 e. The fourth-order valence-corrected chi connectivity index (χ4v) is 3.72. The molecule has 2 fully saturated rings. The SMILES string of the molecule is CC1CC(O)(C2CCCCCC2)CC(C)O1. The van der Waals surface area contributed by atoms with Crippen LogP contribution in [0.25, 0.3) is 0 Å². The highest BCUT2D eigenvalue weighted by atomic mass is 16.5. The van der Waals surface area contributed by atoms with Crippen molar-refractivity contribution >= 4 is 0 Å². The van der Waals surface area contributed by atoms with Crippen LogP contribution in [0.5, 0.6) is 0 Å². The van der Waals surface area contributed by atoms with E-state index in [1.807, 2.05) is 0 Å². The summed E-state index contributed by atoms with van der Waals surface area (Å²) in [4.78, 5) is 0. The van der Waals surface area contributed by atoms with Crippen molar-refractivity contribution in [3.8, 4) is 0 Å². The molecule has 2 aliphatic rings. The van der Waals surface area contributed by atoms with E-state index in [0.717, 1.165) is 12.8 Å². The van der Waals surface area contributed by atoms with Crippen LogP contribution in [0.2, 0.25) is 0 Å². The van der Waals surface area contributed by atoms with Crippen LogP contribution in [0.3, 0.4) is 0 Å². The van der Waals surface area contributed by atoms with Gasteiger partial charge in [0.15, 0.2) is 0 Å². The Balaban J connectivity index is 2.03. The Labute approximate surface area is 99.4 Å². The Bertz CT molecular complexity index is 209. The highest BCUT2D eigenvalue weighted by Crippen LogP contribution is 2.40. The number of hydrogen-bond donors (Lipinski definition) is 1. The molecule has 1 aliphatic heterocycles. The molecule has 2 nitrogen and oxygen atoms in total. The molecule has 0 aromatic carbocycles. The second kappa shape index (κ2) is 5.05. The summed E-state index contributed by atoms with van der Waals surface area (Å²) in [6, 6.07) is 0. The van der Waals surface area contributed by atoms with Gasteiger partial charge in [0.1, 0.15) is 0 Å². The summed E-state index contributed by atoms with van der Waals surface area (Å²) in [6.45, 7) is 4.19. The number of aliphatic hydroxyl groups is 1. The van der Waals surface area contributed by atoms with Gasteiger partial charge in [-0.1, -0.05) is 25.7 Å². The highest BCUT2D eigenvalue weighted by molar-refractivity contribution is 4.93. The summed E-state index contributed by atoms with van der Waals surface area (Å²) in [6.07, 6.45) is 9.86. The molecule has 0 aromatic heterocycles. The zero-order valence-electron chi connectivity index (χ0n) is 10.7. The summed E-state index contributed by atoms with van der Waals surface area (Å²) in [7, 11) is 0. The molecule has 0 aromatic rings. The molecule has 0 spiro atoms. The normalized spacial score (nSPS) is 42.9. The van der Waals surface area contributed by atoms with Crippen LogP contribution in [-0.2, 0) is 4.74 Å². The molecule has 0 amide bonds. The average molecular weight is 226 g/mol. The van der Waals surface area contributed by atoms with Crippen molar-refractivity contribution in [2.24, 2.45) is 5.92 Å². The lowest BCUT2D eigenvalue weighted by Crippen LogP contribution is -2.48. The monoisotopic (exact) mass is 226 g/mol. The molecule has 1 heterocycles. The Kier molecular flexibility index (Phi) is 3.91. The number of rotatable bonds is 1. The van der Waals surface area contributed by atoms with E-state index in [2.05, 4.69) is 13.8 Å². The minimum atomic E-state index is -0.443. The van der Waals surface area contributed by atoms with Crippen molar-refractivity contribution in [2.75, 3.05) is 0 Å². The van der Waals surface area contributed by atoms with Gasteiger partial charge in [-0.05, 0) is 32.6 Å². The summed E-state index contributed by atoms with van der Waals surface area (Å²) in [5, 5.41) is 10.9. The summed E-state index contributed by atoms with van der Waals surface area (Å²) in [5.41, 5.74) is -0.443. The highest BCUT2D eigenvalue weighted by Gasteiger charge is 2.42. The van der Waals surface area contributed by atoms with Crippen LogP contribution in [0, 0.1) is 5.92 Å². The van der Waals surface area contributed by atoms with E-state index in [-0.39, 0.29) is 12.2 Å². The Morgan fingerprint density at radius 1 is 0.938 bits per heavy atom. The molecule has 2 rings (SSSR count). The van der Waals surface area contributed by atoms with E-state index < -0.39 is 5.60 Å². The van der Waals surface area contributed by atoms with Gasteiger partial charge in [-0.3, -0.25) is 0 Å². The van der Waals surface area contributed by atoms with Gasteiger partial charge in [0, 0.05) is 12.8 Å². The minimum absolute atomic E-state index is 0.219. The Hall–Kier alpha value is -0.0800. The third-order valence-electron chi connectivity index (χ3n) is 4.36. The van der Waals surface area contributed by atoms with Gasteiger partial charge in [0.25, 0.3) is 0 Å². The van der Waals surface area contributed by atoms with E-state index in [4.69, 9.17) is 4.74 Å². The lowest BCUT2D eigenvalue weighted by molar-refractivity contribution is -0.157. The van der Waals surface area contributed by atoms with Crippen LogP contribution in [0.4, 0.5) is 0 Å². The molecule has 1 saturated heterocycles. The lowest BCUT2D eigenvalue weighted by Gasteiger charge is -2.44. The molecule has 2 atom stereocenters. The maximum Gasteiger partial charge on any atom is 0.0724 e. The predicted molar refractivity (Wildman–Crippen MR) is 65.4 cm³/mol. The van der Waals surface area contributed by atoms with E-state index in [9.17, 15) is 5.11 Å². The fraction of sp³-hybridized carbons (Fsp3) is 1.00. The van der Waals surface area contributed by atoms with Gasteiger partial charge in [-0.25, -0.2) is 0 Å². The first kappa shape index (κ1) is 12.4.